The smallest absolute Gasteiger partial charge is 0.323 e. The fourth-order valence-corrected chi connectivity index (χ4v) is 3.53. The summed E-state index contributed by atoms with van der Waals surface area (Å²) in [7, 11) is 0. The summed E-state index contributed by atoms with van der Waals surface area (Å²) in [4.78, 5) is 27.0. The third-order valence-corrected chi connectivity index (χ3v) is 5.25. The van der Waals surface area contributed by atoms with Crippen LogP contribution in [0.5, 0.6) is 0 Å². The van der Waals surface area contributed by atoms with Crippen molar-refractivity contribution >= 4 is 17.8 Å². The molecule has 3 aromatic rings. The summed E-state index contributed by atoms with van der Waals surface area (Å²) < 4.78 is 2.04. The van der Waals surface area contributed by atoms with Crippen molar-refractivity contribution in [3.8, 4) is 5.69 Å². The molecule has 0 unspecified atom stereocenters. The molecule has 162 valence electrons. The number of rotatable bonds is 5. The maximum Gasteiger partial charge on any atom is 0.323 e. The molecule has 2 fully saturated rings. The first-order chi connectivity index (χ1) is 15.0. The predicted molar refractivity (Wildman–Crippen MR) is 122 cm³/mol. The number of benzene rings is 1. The van der Waals surface area contributed by atoms with Gasteiger partial charge in [0.1, 0.15) is 5.82 Å². The van der Waals surface area contributed by atoms with E-state index in [1.165, 1.54) is 12.0 Å². The average Bonchev–Trinajstić information content (AvgIpc) is 3.16. The van der Waals surface area contributed by atoms with Gasteiger partial charge in [-0.2, -0.15) is 4.98 Å². The van der Waals surface area contributed by atoms with E-state index in [1.807, 2.05) is 17.0 Å². The Morgan fingerprint density at radius 2 is 2.00 bits per heavy atom. The van der Waals surface area contributed by atoms with Crippen LogP contribution in [0, 0.1) is 6.92 Å². The third-order valence-electron chi connectivity index (χ3n) is 5.25. The van der Waals surface area contributed by atoms with Crippen molar-refractivity contribution in [2.45, 2.75) is 45.6 Å². The van der Waals surface area contributed by atoms with E-state index in [0.717, 1.165) is 24.2 Å². The van der Waals surface area contributed by atoms with Crippen molar-refractivity contribution in [2.24, 2.45) is 0 Å². The number of aromatic nitrogens is 4. The number of carbonyl (C=O) groups excluding carboxylic acids is 1. The minimum atomic E-state index is -0.249. The molecule has 2 aliphatic rings. The van der Waals surface area contributed by atoms with Crippen LogP contribution in [0.25, 0.3) is 5.69 Å². The van der Waals surface area contributed by atoms with Gasteiger partial charge in [0.15, 0.2) is 0 Å². The van der Waals surface area contributed by atoms with Gasteiger partial charge in [0.05, 0.1) is 17.6 Å². The van der Waals surface area contributed by atoms with E-state index in [-0.39, 0.29) is 11.6 Å². The van der Waals surface area contributed by atoms with Crippen LogP contribution in [0.2, 0.25) is 0 Å². The minimum absolute atomic E-state index is 0.123. The molecule has 2 aromatic heterocycles. The fraction of sp³-hybridized carbons (Fsp3) is 0.391. The Balaban J connectivity index is 0.000000730. The average molecular weight is 420 g/mol. The molecular weight excluding hydrogens is 390 g/mol. The van der Waals surface area contributed by atoms with E-state index in [9.17, 15) is 4.79 Å². The minimum Gasteiger partial charge on any atom is -0.343 e. The third kappa shape index (κ3) is 4.52. The summed E-state index contributed by atoms with van der Waals surface area (Å²) in [5.74, 6) is 1.12. The van der Waals surface area contributed by atoms with Crippen LogP contribution in [-0.4, -0.2) is 38.6 Å². The Hall–Kier alpha value is -3.42. The van der Waals surface area contributed by atoms with E-state index < -0.39 is 0 Å². The zero-order valence-corrected chi connectivity index (χ0v) is 18.3. The highest BCUT2D eigenvalue weighted by Crippen LogP contribution is 2.47. The molecule has 0 radical (unpaired) electrons. The second-order valence-electron chi connectivity index (χ2n) is 8.04. The van der Waals surface area contributed by atoms with Crippen LogP contribution in [0.1, 0.15) is 44.4 Å². The van der Waals surface area contributed by atoms with Gasteiger partial charge in [-0.1, -0.05) is 32.4 Å². The van der Waals surface area contributed by atoms with Crippen LogP contribution in [-0.2, 0) is 5.54 Å². The Labute approximate surface area is 182 Å². The van der Waals surface area contributed by atoms with Crippen LogP contribution >= 0.6 is 0 Å². The molecular formula is C23H29N7O. The highest BCUT2D eigenvalue weighted by Gasteiger charge is 2.47. The summed E-state index contributed by atoms with van der Waals surface area (Å²) in [6.45, 7) is 7.57. The molecule has 0 bridgehead atoms. The second-order valence-corrected chi connectivity index (χ2v) is 8.04. The number of anilines is 2. The lowest BCUT2D eigenvalue weighted by atomic mass is 10.2. The molecule has 2 amide bonds. The zero-order valence-electron chi connectivity index (χ0n) is 18.3. The lowest BCUT2D eigenvalue weighted by molar-refractivity contribution is 0.252. The van der Waals surface area contributed by atoms with Gasteiger partial charge < -0.3 is 15.2 Å². The Morgan fingerprint density at radius 1 is 1.19 bits per heavy atom. The van der Waals surface area contributed by atoms with E-state index >= 15 is 0 Å². The van der Waals surface area contributed by atoms with Crippen molar-refractivity contribution in [1.82, 2.24) is 24.8 Å². The number of carbonyl (C=O) groups is 1. The van der Waals surface area contributed by atoms with Crippen molar-refractivity contribution in [3.05, 3.63) is 60.3 Å². The van der Waals surface area contributed by atoms with Crippen molar-refractivity contribution in [1.29, 1.82) is 0 Å². The lowest BCUT2D eigenvalue weighted by Crippen LogP contribution is -2.29. The van der Waals surface area contributed by atoms with Gasteiger partial charge in [-0.3, -0.25) is 4.90 Å². The Kier molecular flexibility index (Phi) is 5.88. The maximum atomic E-state index is 11.9. The first-order valence-corrected chi connectivity index (χ1v) is 10.8. The number of urea groups is 1. The predicted octanol–water partition coefficient (Wildman–Crippen LogP) is 4.02. The van der Waals surface area contributed by atoms with E-state index in [4.69, 9.17) is 0 Å². The molecule has 5 rings (SSSR count). The van der Waals surface area contributed by atoms with Gasteiger partial charge in [-0.25, -0.2) is 14.8 Å². The second kappa shape index (κ2) is 8.75. The zero-order chi connectivity index (χ0) is 21.8. The molecule has 1 saturated carbocycles. The first kappa shape index (κ1) is 20.8. The van der Waals surface area contributed by atoms with Gasteiger partial charge in [-0.05, 0) is 43.5 Å². The van der Waals surface area contributed by atoms with Crippen LogP contribution < -0.4 is 15.5 Å². The van der Waals surface area contributed by atoms with Crippen molar-refractivity contribution in [3.63, 3.8) is 0 Å². The molecule has 3 heterocycles. The lowest BCUT2D eigenvalue weighted by Gasteiger charge is -2.17. The fourth-order valence-electron chi connectivity index (χ4n) is 3.53. The number of hydrogen-bond acceptors (Lipinski definition) is 5. The topological polar surface area (TPSA) is 88.0 Å². The molecule has 31 heavy (non-hydrogen) atoms. The summed E-state index contributed by atoms with van der Waals surface area (Å²) in [5, 5.41) is 6.23. The van der Waals surface area contributed by atoms with Gasteiger partial charge >= 0.3 is 6.03 Å². The summed E-state index contributed by atoms with van der Waals surface area (Å²) >= 11 is 0. The molecule has 8 nitrogen and oxygen atoms in total. The normalized spacial score (nSPS) is 16.4. The highest BCUT2D eigenvalue weighted by atomic mass is 16.2. The molecule has 1 saturated heterocycles. The number of imidazole rings is 1. The Morgan fingerprint density at radius 3 is 2.68 bits per heavy atom. The van der Waals surface area contributed by atoms with Gasteiger partial charge in [-0.15, -0.1) is 0 Å². The highest BCUT2D eigenvalue weighted by molar-refractivity contribution is 5.93. The van der Waals surface area contributed by atoms with Gasteiger partial charge in [0.2, 0.25) is 5.95 Å². The van der Waals surface area contributed by atoms with Crippen LogP contribution in [0.3, 0.4) is 0 Å². The molecule has 0 spiro atoms. The molecule has 1 aliphatic carbocycles. The van der Waals surface area contributed by atoms with Crippen molar-refractivity contribution < 1.29 is 4.79 Å². The largest absolute Gasteiger partial charge is 0.343 e. The summed E-state index contributed by atoms with van der Waals surface area (Å²) in [6, 6.07) is 9.95. The van der Waals surface area contributed by atoms with Crippen LogP contribution in [0.4, 0.5) is 16.6 Å². The SMILES string of the molecule is CCC.Cc1cccc(-n2cnc(C3(Nc4nccc(N5CCNC5=O)n4)CC3)c2)c1. The van der Waals surface area contributed by atoms with E-state index in [0.29, 0.717) is 24.9 Å². The number of amides is 2. The molecule has 0 atom stereocenters. The summed E-state index contributed by atoms with van der Waals surface area (Å²) in [5.41, 5.74) is 3.03. The van der Waals surface area contributed by atoms with Gasteiger partial charge in [0.25, 0.3) is 0 Å². The quantitative estimate of drug-likeness (QED) is 0.652. The molecule has 8 heteroatoms. The van der Waals surface area contributed by atoms with Crippen molar-refractivity contribution in [2.75, 3.05) is 23.3 Å². The maximum absolute atomic E-state index is 11.9. The summed E-state index contributed by atoms with van der Waals surface area (Å²) in [6.07, 6.45) is 8.77. The monoisotopic (exact) mass is 419 g/mol. The number of nitrogens with zero attached hydrogens (tertiary/aromatic N) is 5. The molecule has 1 aromatic carbocycles. The first-order valence-electron chi connectivity index (χ1n) is 10.8. The number of nitrogens with one attached hydrogen (secondary N) is 2. The Bertz CT molecular complexity index is 1060. The number of aryl methyl sites for hydroxylation is 1. The standard InChI is InChI=1S/C20H21N7O.C3H8/c1-14-3-2-4-15(11-14)26-12-16(23-13-26)20(6-7-20)25-18-21-8-5-17(24-18)27-10-9-22-19(27)28;1-3-2/h2-5,8,11-13H,6-7,9-10H2,1H3,(H,22,28)(H,21,24,25);3H2,1-2H3. The van der Waals surface area contributed by atoms with Crippen LogP contribution in [0.15, 0.2) is 49.1 Å². The molecule has 2 N–H and O–H groups in total. The molecule has 1 aliphatic heterocycles. The van der Waals surface area contributed by atoms with E-state index in [2.05, 4.69) is 70.8 Å². The van der Waals surface area contributed by atoms with E-state index in [1.54, 1.807) is 17.2 Å². The number of hydrogen-bond donors (Lipinski definition) is 2. The van der Waals surface area contributed by atoms with Gasteiger partial charge in [0, 0.05) is 31.2 Å².